The maximum absolute atomic E-state index is 5.36. The van der Waals surface area contributed by atoms with E-state index >= 15 is 0 Å². The van der Waals surface area contributed by atoms with Crippen LogP contribution in [-0.2, 0) is 0 Å². The molecule has 0 aliphatic heterocycles. The topological polar surface area (TPSA) is 75.9 Å². The molecule has 1 aliphatic rings. The van der Waals surface area contributed by atoms with Crippen LogP contribution in [0.3, 0.4) is 0 Å². The first-order chi connectivity index (χ1) is 7.31. The molecule has 0 spiro atoms. The van der Waals surface area contributed by atoms with Crippen molar-refractivity contribution in [1.82, 2.24) is 9.97 Å². The summed E-state index contributed by atoms with van der Waals surface area (Å²) >= 11 is 0. The number of nitrogens with one attached hydrogen (secondary N) is 2. The Kier molecular flexibility index (Phi) is 3.01. The first-order valence-corrected chi connectivity index (χ1v) is 5.36. The van der Waals surface area contributed by atoms with Crippen LogP contribution in [-0.4, -0.2) is 16.0 Å². The van der Waals surface area contributed by atoms with E-state index in [1.165, 1.54) is 32.0 Å². The third-order valence-corrected chi connectivity index (χ3v) is 2.92. The lowest BCUT2D eigenvalue weighted by Gasteiger charge is -2.15. The second-order valence-electron chi connectivity index (χ2n) is 3.97. The molecule has 0 bridgehead atoms. The fraction of sp³-hybridized carbons (Fsp3) is 0.600. The van der Waals surface area contributed by atoms with Crippen LogP contribution >= 0.6 is 0 Å². The maximum Gasteiger partial charge on any atom is 0.148 e. The fourth-order valence-corrected chi connectivity index (χ4v) is 2.00. The van der Waals surface area contributed by atoms with Gasteiger partial charge in [0.1, 0.15) is 18.0 Å². The van der Waals surface area contributed by atoms with E-state index in [9.17, 15) is 0 Å². The summed E-state index contributed by atoms with van der Waals surface area (Å²) in [7, 11) is 0. The van der Waals surface area contributed by atoms with Crippen LogP contribution in [0.2, 0.25) is 0 Å². The van der Waals surface area contributed by atoms with Crippen molar-refractivity contribution in [3.05, 3.63) is 11.9 Å². The van der Waals surface area contributed by atoms with Gasteiger partial charge in [-0.05, 0) is 19.8 Å². The summed E-state index contributed by atoms with van der Waals surface area (Å²) in [5.41, 5.74) is 3.55. The summed E-state index contributed by atoms with van der Waals surface area (Å²) in [5.74, 6) is 6.94. The van der Waals surface area contributed by atoms with Crippen molar-refractivity contribution in [2.75, 3.05) is 10.7 Å². The van der Waals surface area contributed by atoms with Crippen LogP contribution < -0.4 is 16.6 Å². The van der Waals surface area contributed by atoms with Crippen LogP contribution in [0.15, 0.2) is 6.33 Å². The zero-order chi connectivity index (χ0) is 10.7. The van der Waals surface area contributed by atoms with E-state index in [0.717, 1.165) is 11.4 Å². The summed E-state index contributed by atoms with van der Waals surface area (Å²) in [6.07, 6.45) is 6.61. The number of nitrogen functional groups attached to an aromatic ring is 1. The number of nitrogens with two attached hydrogens (primary N) is 1. The van der Waals surface area contributed by atoms with E-state index in [2.05, 4.69) is 20.7 Å². The fourth-order valence-electron chi connectivity index (χ4n) is 2.00. The highest BCUT2D eigenvalue weighted by atomic mass is 15.3. The van der Waals surface area contributed by atoms with Gasteiger partial charge in [0.25, 0.3) is 0 Å². The predicted octanol–water partition coefficient (Wildman–Crippen LogP) is 1.43. The number of anilines is 2. The van der Waals surface area contributed by atoms with Crippen molar-refractivity contribution in [2.45, 2.75) is 38.6 Å². The molecule has 0 radical (unpaired) electrons. The normalized spacial score (nSPS) is 16.7. The Morgan fingerprint density at radius 1 is 1.27 bits per heavy atom. The molecule has 0 unspecified atom stereocenters. The van der Waals surface area contributed by atoms with Crippen LogP contribution in [0.5, 0.6) is 0 Å². The number of rotatable bonds is 3. The van der Waals surface area contributed by atoms with Crippen LogP contribution in [0.4, 0.5) is 11.6 Å². The first-order valence-electron chi connectivity index (χ1n) is 5.36. The molecule has 82 valence electrons. The molecule has 0 aromatic carbocycles. The molecule has 0 atom stereocenters. The van der Waals surface area contributed by atoms with E-state index < -0.39 is 0 Å². The summed E-state index contributed by atoms with van der Waals surface area (Å²) in [4.78, 5) is 8.28. The SMILES string of the molecule is Cc1c(NN)ncnc1NC1CCCC1. The molecule has 1 aromatic heterocycles. The standard InChI is InChI=1S/C10H17N5/c1-7-9(12-6-13-10(7)15-11)14-8-4-2-3-5-8/h6,8H,2-5,11H2,1H3,(H2,12,13,14,15). The predicted molar refractivity (Wildman–Crippen MR) is 60.5 cm³/mol. The monoisotopic (exact) mass is 207 g/mol. The molecule has 4 N–H and O–H groups in total. The zero-order valence-electron chi connectivity index (χ0n) is 8.95. The average molecular weight is 207 g/mol. The van der Waals surface area contributed by atoms with Gasteiger partial charge in [0.15, 0.2) is 0 Å². The maximum atomic E-state index is 5.36. The molecule has 15 heavy (non-hydrogen) atoms. The average Bonchev–Trinajstić information content (AvgIpc) is 2.74. The molecule has 1 aromatic rings. The largest absolute Gasteiger partial charge is 0.367 e. The van der Waals surface area contributed by atoms with Crippen molar-refractivity contribution in [3.63, 3.8) is 0 Å². The third kappa shape index (κ3) is 2.18. The Morgan fingerprint density at radius 3 is 2.60 bits per heavy atom. The van der Waals surface area contributed by atoms with Gasteiger partial charge in [-0.2, -0.15) is 0 Å². The van der Waals surface area contributed by atoms with Crippen LogP contribution in [0, 0.1) is 6.92 Å². The van der Waals surface area contributed by atoms with E-state index in [0.29, 0.717) is 11.9 Å². The molecule has 5 nitrogen and oxygen atoms in total. The Balaban J connectivity index is 2.13. The van der Waals surface area contributed by atoms with Gasteiger partial charge in [-0.25, -0.2) is 15.8 Å². The van der Waals surface area contributed by atoms with Gasteiger partial charge in [-0.15, -0.1) is 0 Å². The highest BCUT2D eigenvalue weighted by Gasteiger charge is 2.16. The van der Waals surface area contributed by atoms with Gasteiger partial charge in [-0.1, -0.05) is 12.8 Å². The Labute approximate surface area is 89.5 Å². The molecule has 0 saturated heterocycles. The van der Waals surface area contributed by atoms with E-state index in [1.807, 2.05) is 6.92 Å². The van der Waals surface area contributed by atoms with Crippen molar-refractivity contribution in [2.24, 2.45) is 5.84 Å². The smallest absolute Gasteiger partial charge is 0.148 e. The van der Waals surface area contributed by atoms with Crippen molar-refractivity contribution in [1.29, 1.82) is 0 Å². The Morgan fingerprint density at radius 2 is 1.93 bits per heavy atom. The molecular weight excluding hydrogens is 190 g/mol. The van der Waals surface area contributed by atoms with Crippen LogP contribution in [0.25, 0.3) is 0 Å². The summed E-state index contributed by atoms with van der Waals surface area (Å²) < 4.78 is 0. The summed E-state index contributed by atoms with van der Waals surface area (Å²) in [6, 6.07) is 0.559. The van der Waals surface area contributed by atoms with Gasteiger partial charge < -0.3 is 10.7 Å². The van der Waals surface area contributed by atoms with Gasteiger partial charge in [0, 0.05) is 11.6 Å². The van der Waals surface area contributed by atoms with Crippen molar-refractivity contribution < 1.29 is 0 Å². The number of hydrogen-bond donors (Lipinski definition) is 3. The molecule has 5 heteroatoms. The molecule has 2 rings (SSSR count). The Hall–Kier alpha value is -1.36. The zero-order valence-corrected chi connectivity index (χ0v) is 8.95. The Bertz CT molecular complexity index is 333. The first kappa shape index (κ1) is 10.2. The summed E-state index contributed by atoms with van der Waals surface area (Å²) in [5, 5.41) is 3.44. The van der Waals surface area contributed by atoms with E-state index in [4.69, 9.17) is 5.84 Å². The molecule has 0 amide bonds. The van der Waals surface area contributed by atoms with E-state index in [-0.39, 0.29) is 0 Å². The molecule has 1 aliphatic carbocycles. The quantitative estimate of drug-likeness (QED) is 0.516. The lowest BCUT2D eigenvalue weighted by atomic mass is 10.2. The minimum absolute atomic E-state index is 0.559. The van der Waals surface area contributed by atoms with Gasteiger partial charge in [0.05, 0.1) is 0 Å². The van der Waals surface area contributed by atoms with Crippen molar-refractivity contribution in [3.8, 4) is 0 Å². The van der Waals surface area contributed by atoms with Gasteiger partial charge in [0.2, 0.25) is 0 Å². The third-order valence-electron chi connectivity index (χ3n) is 2.92. The minimum Gasteiger partial charge on any atom is -0.367 e. The number of hydrazine groups is 1. The van der Waals surface area contributed by atoms with Gasteiger partial charge in [-0.3, -0.25) is 0 Å². The highest BCUT2D eigenvalue weighted by Crippen LogP contribution is 2.24. The lowest BCUT2D eigenvalue weighted by molar-refractivity contribution is 0.748. The van der Waals surface area contributed by atoms with Crippen LogP contribution in [0.1, 0.15) is 31.2 Å². The minimum atomic E-state index is 0.559. The number of aromatic nitrogens is 2. The highest BCUT2D eigenvalue weighted by molar-refractivity contribution is 5.56. The molecule has 1 fully saturated rings. The molecular formula is C10H17N5. The number of hydrogen-bond acceptors (Lipinski definition) is 5. The second kappa shape index (κ2) is 4.44. The van der Waals surface area contributed by atoms with Crippen molar-refractivity contribution >= 4 is 11.6 Å². The number of nitrogens with zero attached hydrogens (tertiary/aromatic N) is 2. The molecule has 1 saturated carbocycles. The summed E-state index contributed by atoms with van der Waals surface area (Å²) in [6.45, 7) is 1.96. The second-order valence-corrected chi connectivity index (χ2v) is 3.97. The lowest BCUT2D eigenvalue weighted by Crippen LogP contribution is -2.18. The molecule has 1 heterocycles. The van der Waals surface area contributed by atoms with Gasteiger partial charge >= 0.3 is 0 Å². The van der Waals surface area contributed by atoms with E-state index in [1.54, 1.807) is 0 Å².